The molecule has 0 aliphatic carbocycles. The molecule has 94 valence electrons. The first-order chi connectivity index (χ1) is 8.24. The number of hydrogen-bond donors (Lipinski definition) is 1. The molecule has 0 unspecified atom stereocenters. The number of nitrogens with zero attached hydrogens (tertiary/aromatic N) is 1. The average molecular weight is 234 g/mol. The highest BCUT2D eigenvalue weighted by Gasteiger charge is 2.05. The minimum Gasteiger partial charge on any atom is -0.342 e. The van der Waals surface area contributed by atoms with Crippen LogP contribution in [0.4, 0.5) is 0 Å². The summed E-state index contributed by atoms with van der Waals surface area (Å²) in [7, 11) is 0. The van der Waals surface area contributed by atoms with E-state index in [1.807, 2.05) is 23.1 Å². The second-order valence-electron chi connectivity index (χ2n) is 4.17. The summed E-state index contributed by atoms with van der Waals surface area (Å²) in [6.07, 6.45) is 1.01. The predicted molar refractivity (Wildman–Crippen MR) is 70.7 cm³/mol. The van der Waals surface area contributed by atoms with E-state index in [0.717, 1.165) is 32.6 Å². The quantitative estimate of drug-likeness (QED) is 0.732. The molecule has 1 rings (SSSR count). The van der Waals surface area contributed by atoms with Crippen molar-refractivity contribution in [3.05, 3.63) is 35.9 Å². The van der Waals surface area contributed by atoms with Crippen LogP contribution in [0.2, 0.25) is 0 Å². The van der Waals surface area contributed by atoms with Crippen molar-refractivity contribution in [3.63, 3.8) is 0 Å². The molecular weight excluding hydrogens is 212 g/mol. The molecule has 1 N–H and O–H groups in total. The highest BCUT2D eigenvalue weighted by Crippen LogP contribution is 1.97. The summed E-state index contributed by atoms with van der Waals surface area (Å²) in [6.45, 7) is 7.06. The van der Waals surface area contributed by atoms with E-state index in [1.54, 1.807) is 6.92 Å². The standard InChI is InChI=1S/C14H22N2O/c1-3-10-16(13(2)17)11-9-15-12-14-7-5-4-6-8-14/h4-8,15H,3,9-12H2,1-2H3. The minimum atomic E-state index is 0.161. The molecule has 0 aromatic heterocycles. The van der Waals surface area contributed by atoms with Gasteiger partial charge in [0.1, 0.15) is 0 Å². The van der Waals surface area contributed by atoms with E-state index in [9.17, 15) is 4.79 Å². The van der Waals surface area contributed by atoms with Crippen molar-refractivity contribution in [3.8, 4) is 0 Å². The number of nitrogens with one attached hydrogen (secondary N) is 1. The molecule has 3 nitrogen and oxygen atoms in total. The normalized spacial score (nSPS) is 10.2. The van der Waals surface area contributed by atoms with Gasteiger partial charge < -0.3 is 10.2 Å². The highest BCUT2D eigenvalue weighted by atomic mass is 16.2. The highest BCUT2D eigenvalue weighted by molar-refractivity contribution is 5.73. The van der Waals surface area contributed by atoms with Crippen molar-refractivity contribution in [1.29, 1.82) is 0 Å². The summed E-state index contributed by atoms with van der Waals surface area (Å²) < 4.78 is 0. The Morgan fingerprint density at radius 2 is 1.94 bits per heavy atom. The maximum atomic E-state index is 11.3. The lowest BCUT2D eigenvalue weighted by Gasteiger charge is -2.20. The maximum Gasteiger partial charge on any atom is 0.219 e. The van der Waals surface area contributed by atoms with Gasteiger partial charge >= 0.3 is 0 Å². The molecule has 0 aliphatic rings. The molecule has 0 saturated heterocycles. The maximum absolute atomic E-state index is 11.3. The van der Waals surface area contributed by atoms with E-state index in [-0.39, 0.29) is 5.91 Å². The first kappa shape index (κ1) is 13.7. The topological polar surface area (TPSA) is 32.3 Å². The molecule has 0 saturated carbocycles. The summed E-state index contributed by atoms with van der Waals surface area (Å²) in [5.74, 6) is 0.161. The summed E-state index contributed by atoms with van der Waals surface area (Å²) in [5, 5.41) is 3.35. The van der Waals surface area contributed by atoms with Crippen LogP contribution < -0.4 is 5.32 Å². The summed E-state index contributed by atoms with van der Waals surface area (Å²) >= 11 is 0. The van der Waals surface area contributed by atoms with Crippen LogP contribution in [-0.2, 0) is 11.3 Å². The molecule has 1 amide bonds. The van der Waals surface area contributed by atoms with Crippen LogP contribution in [0.25, 0.3) is 0 Å². The van der Waals surface area contributed by atoms with Crippen LogP contribution in [0.5, 0.6) is 0 Å². The van der Waals surface area contributed by atoms with Crippen molar-refractivity contribution < 1.29 is 4.79 Å². The first-order valence-corrected chi connectivity index (χ1v) is 6.24. The van der Waals surface area contributed by atoms with E-state index in [0.29, 0.717) is 0 Å². The molecule has 17 heavy (non-hydrogen) atoms. The number of carbonyl (C=O) groups is 1. The molecule has 0 heterocycles. The average Bonchev–Trinajstić information content (AvgIpc) is 2.34. The van der Waals surface area contributed by atoms with Gasteiger partial charge in [-0.15, -0.1) is 0 Å². The zero-order valence-corrected chi connectivity index (χ0v) is 10.8. The molecule has 0 atom stereocenters. The third-order valence-electron chi connectivity index (χ3n) is 2.67. The number of carbonyl (C=O) groups excluding carboxylic acids is 1. The molecule has 1 aromatic rings. The predicted octanol–water partition coefficient (Wildman–Crippen LogP) is 2.03. The van der Waals surface area contributed by atoms with Crippen molar-refractivity contribution in [2.75, 3.05) is 19.6 Å². The summed E-state index contributed by atoms with van der Waals surface area (Å²) in [4.78, 5) is 13.2. The Hall–Kier alpha value is -1.35. The van der Waals surface area contributed by atoms with Crippen LogP contribution in [0.15, 0.2) is 30.3 Å². The monoisotopic (exact) mass is 234 g/mol. The van der Waals surface area contributed by atoms with Crippen LogP contribution >= 0.6 is 0 Å². The summed E-state index contributed by atoms with van der Waals surface area (Å²) in [6, 6.07) is 10.3. The van der Waals surface area contributed by atoms with Gasteiger partial charge in [-0.2, -0.15) is 0 Å². The lowest BCUT2D eigenvalue weighted by molar-refractivity contribution is -0.128. The van der Waals surface area contributed by atoms with Crippen molar-refractivity contribution in [1.82, 2.24) is 10.2 Å². The number of hydrogen-bond acceptors (Lipinski definition) is 2. The molecule has 1 aromatic carbocycles. The van der Waals surface area contributed by atoms with E-state index in [2.05, 4.69) is 24.4 Å². The van der Waals surface area contributed by atoms with Gasteiger partial charge in [-0.1, -0.05) is 37.3 Å². The van der Waals surface area contributed by atoms with Crippen LogP contribution in [-0.4, -0.2) is 30.4 Å². The van der Waals surface area contributed by atoms with Gasteiger partial charge in [0, 0.05) is 33.1 Å². The number of amides is 1. The largest absolute Gasteiger partial charge is 0.342 e. The van der Waals surface area contributed by atoms with Gasteiger partial charge in [-0.3, -0.25) is 4.79 Å². The molecule has 0 radical (unpaired) electrons. The van der Waals surface area contributed by atoms with Gasteiger partial charge in [-0.25, -0.2) is 0 Å². The zero-order valence-electron chi connectivity index (χ0n) is 10.8. The first-order valence-electron chi connectivity index (χ1n) is 6.24. The fraction of sp³-hybridized carbons (Fsp3) is 0.500. The van der Waals surface area contributed by atoms with Gasteiger partial charge in [0.25, 0.3) is 0 Å². The molecule has 0 spiro atoms. The van der Waals surface area contributed by atoms with Gasteiger partial charge in [0.2, 0.25) is 5.91 Å². The Balaban J connectivity index is 2.20. The number of benzene rings is 1. The van der Waals surface area contributed by atoms with Crippen molar-refractivity contribution >= 4 is 5.91 Å². The van der Waals surface area contributed by atoms with E-state index >= 15 is 0 Å². The fourth-order valence-electron chi connectivity index (χ4n) is 1.74. The Kier molecular flexibility index (Phi) is 6.33. The fourth-order valence-corrected chi connectivity index (χ4v) is 1.74. The second kappa shape index (κ2) is 7.85. The Morgan fingerprint density at radius 1 is 1.24 bits per heavy atom. The lowest BCUT2D eigenvalue weighted by Crippen LogP contribution is -2.35. The van der Waals surface area contributed by atoms with E-state index in [1.165, 1.54) is 5.56 Å². The van der Waals surface area contributed by atoms with Crippen molar-refractivity contribution in [2.24, 2.45) is 0 Å². The summed E-state index contributed by atoms with van der Waals surface area (Å²) in [5.41, 5.74) is 1.28. The molecule has 0 aliphatic heterocycles. The zero-order chi connectivity index (χ0) is 12.5. The third kappa shape index (κ3) is 5.50. The molecular formula is C14H22N2O. The second-order valence-corrected chi connectivity index (χ2v) is 4.17. The molecule has 3 heteroatoms. The van der Waals surface area contributed by atoms with Crippen LogP contribution in [0.1, 0.15) is 25.8 Å². The van der Waals surface area contributed by atoms with Crippen molar-refractivity contribution in [2.45, 2.75) is 26.8 Å². The molecule has 0 fully saturated rings. The van der Waals surface area contributed by atoms with E-state index < -0.39 is 0 Å². The van der Waals surface area contributed by atoms with Gasteiger partial charge in [0.15, 0.2) is 0 Å². The third-order valence-corrected chi connectivity index (χ3v) is 2.67. The minimum absolute atomic E-state index is 0.161. The van der Waals surface area contributed by atoms with Crippen LogP contribution in [0, 0.1) is 0 Å². The smallest absolute Gasteiger partial charge is 0.219 e. The van der Waals surface area contributed by atoms with Gasteiger partial charge in [0.05, 0.1) is 0 Å². The Labute approximate surface area is 104 Å². The SMILES string of the molecule is CCCN(CCNCc1ccccc1)C(C)=O. The van der Waals surface area contributed by atoms with E-state index in [4.69, 9.17) is 0 Å². The Morgan fingerprint density at radius 3 is 2.53 bits per heavy atom. The number of rotatable bonds is 7. The lowest BCUT2D eigenvalue weighted by atomic mass is 10.2. The van der Waals surface area contributed by atoms with Gasteiger partial charge in [-0.05, 0) is 12.0 Å². The van der Waals surface area contributed by atoms with Crippen LogP contribution in [0.3, 0.4) is 0 Å². The molecule has 0 bridgehead atoms. The Bertz CT molecular complexity index is 324.